The van der Waals surface area contributed by atoms with Crippen LogP contribution >= 0.6 is 0 Å². The first-order valence-corrected chi connectivity index (χ1v) is 10.2. The molecule has 0 unspecified atom stereocenters. The highest BCUT2D eigenvalue weighted by atomic mass is 16.5. The number of nitrogens with one attached hydrogen (secondary N) is 1. The highest BCUT2D eigenvalue weighted by Gasteiger charge is 2.26. The molecule has 0 spiro atoms. The summed E-state index contributed by atoms with van der Waals surface area (Å²) in [7, 11) is 0. The molecule has 1 atom stereocenters. The number of carboxylic acids is 2. The van der Waals surface area contributed by atoms with Crippen LogP contribution < -0.4 is 14.8 Å². The maximum absolute atomic E-state index is 12.9. The fraction of sp³-hybridized carbons (Fsp3) is 0.160. The molecular weight excluding hydrogens is 426 g/mol. The van der Waals surface area contributed by atoms with Crippen LogP contribution in [0.15, 0.2) is 78.9 Å². The first-order chi connectivity index (χ1) is 15.9. The van der Waals surface area contributed by atoms with Crippen molar-refractivity contribution < 1.29 is 34.1 Å². The number of hydrogen-bond donors (Lipinski definition) is 3. The van der Waals surface area contributed by atoms with E-state index in [4.69, 9.17) is 14.6 Å². The second-order valence-electron chi connectivity index (χ2n) is 7.14. The van der Waals surface area contributed by atoms with Gasteiger partial charge in [-0.3, -0.25) is 9.59 Å². The lowest BCUT2D eigenvalue weighted by atomic mass is 10.1. The standard InChI is InChI=1S/C25H23NO7/c27-22(28)14-20(25(30)31)26-24(29)19-12-7-13-21(32-15-17-8-3-1-4-9-17)23(19)33-16-18-10-5-2-6-11-18/h1-13,20H,14-16H2,(H,26,29)(H,27,28)(H,30,31)/t20-/m0/s1. The summed E-state index contributed by atoms with van der Waals surface area (Å²) in [5.74, 6) is -3.14. The minimum atomic E-state index is -1.59. The average Bonchev–Trinajstić information content (AvgIpc) is 2.82. The van der Waals surface area contributed by atoms with Crippen LogP contribution in [0.1, 0.15) is 27.9 Å². The molecule has 3 aromatic carbocycles. The van der Waals surface area contributed by atoms with Crippen molar-refractivity contribution in [2.75, 3.05) is 0 Å². The molecule has 8 heteroatoms. The Morgan fingerprint density at radius 2 is 1.33 bits per heavy atom. The first-order valence-electron chi connectivity index (χ1n) is 10.2. The number of ether oxygens (including phenoxy) is 2. The summed E-state index contributed by atoms with van der Waals surface area (Å²) in [4.78, 5) is 35.3. The average molecular weight is 449 g/mol. The van der Waals surface area contributed by atoms with Gasteiger partial charge >= 0.3 is 11.9 Å². The van der Waals surface area contributed by atoms with Gasteiger partial charge in [-0.15, -0.1) is 0 Å². The van der Waals surface area contributed by atoms with Crippen LogP contribution in [-0.2, 0) is 22.8 Å². The van der Waals surface area contributed by atoms with Gasteiger partial charge in [-0.1, -0.05) is 66.7 Å². The Balaban J connectivity index is 1.87. The summed E-state index contributed by atoms with van der Waals surface area (Å²) >= 11 is 0. The van der Waals surface area contributed by atoms with Gasteiger partial charge in [0.15, 0.2) is 11.5 Å². The van der Waals surface area contributed by atoms with Crippen molar-refractivity contribution in [1.29, 1.82) is 0 Å². The minimum absolute atomic E-state index is 0.0353. The predicted octanol–water partition coefficient (Wildman–Crippen LogP) is 3.50. The van der Waals surface area contributed by atoms with Crippen LogP contribution in [0, 0.1) is 0 Å². The number of amides is 1. The van der Waals surface area contributed by atoms with Gasteiger partial charge in [0, 0.05) is 0 Å². The smallest absolute Gasteiger partial charge is 0.326 e. The zero-order valence-electron chi connectivity index (χ0n) is 17.6. The Morgan fingerprint density at radius 3 is 1.88 bits per heavy atom. The summed E-state index contributed by atoms with van der Waals surface area (Å²) in [6.45, 7) is 0.370. The third-order valence-electron chi connectivity index (χ3n) is 4.67. The van der Waals surface area contributed by atoms with Gasteiger partial charge in [-0.05, 0) is 23.3 Å². The summed E-state index contributed by atoms with van der Waals surface area (Å²) < 4.78 is 11.8. The molecule has 0 aromatic heterocycles. The van der Waals surface area contributed by atoms with Crippen molar-refractivity contribution >= 4 is 17.8 Å². The second kappa shape index (κ2) is 11.3. The fourth-order valence-corrected chi connectivity index (χ4v) is 3.03. The number of para-hydroxylation sites is 1. The summed E-state index contributed by atoms with van der Waals surface area (Å²) in [5, 5.41) is 20.5. The normalized spacial score (nSPS) is 11.3. The molecule has 8 nitrogen and oxygen atoms in total. The van der Waals surface area contributed by atoms with Crippen molar-refractivity contribution in [1.82, 2.24) is 5.32 Å². The number of carbonyl (C=O) groups is 3. The maximum Gasteiger partial charge on any atom is 0.326 e. The van der Waals surface area contributed by atoms with Crippen molar-refractivity contribution in [2.24, 2.45) is 0 Å². The molecule has 0 bridgehead atoms. The Morgan fingerprint density at radius 1 is 0.758 bits per heavy atom. The van der Waals surface area contributed by atoms with E-state index >= 15 is 0 Å². The second-order valence-corrected chi connectivity index (χ2v) is 7.14. The first kappa shape index (κ1) is 23.3. The lowest BCUT2D eigenvalue weighted by Crippen LogP contribution is -2.42. The molecule has 3 N–H and O–H groups in total. The molecule has 0 aliphatic rings. The monoisotopic (exact) mass is 449 g/mol. The van der Waals surface area contributed by atoms with Gasteiger partial charge in [0.1, 0.15) is 19.3 Å². The zero-order chi connectivity index (χ0) is 23.6. The molecule has 0 aliphatic carbocycles. The molecule has 1 amide bonds. The van der Waals surface area contributed by atoms with Gasteiger partial charge in [0.05, 0.1) is 12.0 Å². The lowest BCUT2D eigenvalue weighted by Gasteiger charge is -2.18. The molecule has 0 fully saturated rings. The van der Waals surface area contributed by atoms with Crippen LogP contribution in [-0.4, -0.2) is 34.1 Å². The Kier molecular flexibility index (Phi) is 8.02. The SMILES string of the molecule is O=C(O)C[C@H](NC(=O)c1cccc(OCc2ccccc2)c1OCc1ccccc1)C(=O)O. The van der Waals surface area contributed by atoms with E-state index in [0.717, 1.165) is 11.1 Å². The Bertz CT molecular complexity index is 1100. The van der Waals surface area contributed by atoms with E-state index in [1.165, 1.54) is 6.07 Å². The van der Waals surface area contributed by atoms with E-state index in [9.17, 15) is 19.5 Å². The van der Waals surface area contributed by atoms with Crippen molar-refractivity contribution in [2.45, 2.75) is 25.7 Å². The van der Waals surface area contributed by atoms with E-state index in [0.29, 0.717) is 5.75 Å². The van der Waals surface area contributed by atoms with Crippen LogP contribution in [0.25, 0.3) is 0 Å². The number of benzene rings is 3. The minimum Gasteiger partial charge on any atom is -0.485 e. The number of rotatable bonds is 11. The van der Waals surface area contributed by atoms with E-state index < -0.39 is 30.3 Å². The topological polar surface area (TPSA) is 122 Å². The fourth-order valence-electron chi connectivity index (χ4n) is 3.03. The predicted molar refractivity (Wildman–Crippen MR) is 119 cm³/mol. The van der Waals surface area contributed by atoms with E-state index in [1.54, 1.807) is 12.1 Å². The summed E-state index contributed by atoms with van der Waals surface area (Å²) in [6, 6.07) is 21.8. The number of hydrogen-bond acceptors (Lipinski definition) is 5. The van der Waals surface area contributed by atoms with Crippen LogP contribution in [0.2, 0.25) is 0 Å². The molecule has 0 radical (unpaired) electrons. The van der Waals surface area contributed by atoms with Crippen LogP contribution in [0.5, 0.6) is 11.5 Å². The van der Waals surface area contributed by atoms with Gasteiger partial charge in [0.25, 0.3) is 5.91 Å². The molecule has 33 heavy (non-hydrogen) atoms. The van der Waals surface area contributed by atoms with Gasteiger partial charge in [0.2, 0.25) is 0 Å². The number of carbonyl (C=O) groups excluding carboxylic acids is 1. The summed E-state index contributed by atoms with van der Waals surface area (Å²) in [5.41, 5.74) is 1.80. The molecule has 0 saturated heterocycles. The Hall–Kier alpha value is -4.33. The van der Waals surface area contributed by atoms with E-state index in [2.05, 4.69) is 5.32 Å². The third kappa shape index (κ3) is 6.83. The maximum atomic E-state index is 12.9. The van der Waals surface area contributed by atoms with Gasteiger partial charge in [-0.25, -0.2) is 4.79 Å². The van der Waals surface area contributed by atoms with Crippen LogP contribution in [0.4, 0.5) is 0 Å². The molecule has 3 rings (SSSR count). The highest BCUT2D eigenvalue weighted by Crippen LogP contribution is 2.33. The lowest BCUT2D eigenvalue weighted by molar-refractivity contribution is -0.145. The van der Waals surface area contributed by atoms with Crippen molar-refractivity contribution in [3.05, 3.63) is 95.6 Å². The van der Waals surface area contributed by atoms with Crippen LogP contribution in [0.3, 0.4) is 0 Å². The van der Waals surface area contributed by atoms with Gasteiger partial charge < -0.3 is 25.0 Å². The van der Waals surface area contributed by atoms with E-state index in [1.807, 2.05) is 60.7 Å². The molecule has 0 aliphatic heterocycles. The van der Waals surface area contributed by atoms with Gasteiger partial charge in [-0.2, -0.15) is 0 Å². The number of carboxylic acid groups (broad SMARTS) is 2. The quantitative estimate of drug-likeness (QED) is 0.409. The largest absolute Gasteiger partial charge is 0.485 e. The van der Waals surface area contributed by atoms with Crippen molar-refractivity contribution in [3.8, 4) is 11.5 Å². The molecule has 170 valence electrons. The van der Waals surface area contributed by atoms with Crippen molar-refractivity contribution in [3.63, 3.8) is 0 Å². The highest BCUT2D eigenvalue weighted by molar-refractivity contribution is 6.00. The third-order valence-corrected chi connectivity index (χ3v) is 4.67. The molecule has 3 aromatic rings. The zero-order valence-corrected chi connectivity index (χ0v) is 17.6. The van der Waals surface area contributed by atoms with E-state index in [-0.39, 0.29) is 24.5 Å². The Labute approximate surface area is 190 Å². The molecule has 0 saturated carbocycles. The molecular formula is C25H23NO7. The molecule has 0 heterocycles. The summed E-state index contributed by atoms with van der Waals surface area (Å²) in [6.07, 6.45) is -0.758. The number of aliphatic carboxylic acids is 2.